The first-order valence-corrected chi connectivity index (χ1v) is 6.03. The normalized spacial score (nSPS) is 15.6. The van der Waals surface area contributed by atoms with Crippen LogP contribution in [0.5, 0.6) is 0 Å². The molecule has 0 aliphatic heterocycles. The average molecular weight is 280 g/mol. The molecule has 2 heterocycles. The van der Waals surface area contributed by atoms with E-state index in [1.807, 2.05) is 6.07 Å². The number of carbonyl (C=O) groups excluding carboxylic acids is 1. The summed E-state index contributed by atoms with van der Waals surface area (Å²) in [4.78, 5) is 15.9. The second kappa shape index (κ2) is 3.66. The summed E-state index contributed by atoms with van der Waals surface area (Å²) in [5.41, 5.74) is 1.73. The SMILES string of the molecule is O=C(Cn1ncc2ncc(Br)cc21)C1CC1. The summed E-state index contributed by atoms with van der Waals surface area (Å²) in [5, 5.41) is 4.20. The molecular weight excluding hydrogens is 270 g/mol. The van der Waals surface area contributed by atoms with Crippen LogP contribution >= 0.6 is 15.9 Å². The van der Waals surface area contributed by atoms with E-state index in [4.69, 9.17) is 0 Å². The summed E-state index contributed by atoms with van der Waals surface area (Å²) in [5.74, 6) is 0.560. The molecule has 16 heavy (non-hydrogen) atoms. The van der Waals surface area contributed by atoms with Crippen LogP contribution in [0, 0.1) is 5.92 Å². The van der Waals surface area contributed by atoms with Gasteiger partial charge in [0, 0.05) is 16.6 Å². The molecule has 1 aliphatic carbocycles. The molecule has 1 saturated carbocycles. The lowest BCUT2D eigenvalue weighted by Crippen LogP contribution is -2.12. The van der Waals surface area contributed by atoms with E-state index in [0.29, 0.717) is 6.54 Å². The minimum Gasteiger partial charge on any atom is -0.297 e. The number of pyridine rings is 1. The largest absolute Gasteiger partial charge is 0.297 e. The first-order valence-electron chi connectivity index (χ1n) is 5.24. The molecule has 0 radical (unpaired) electrons. The van der Waals surface area contributed by atoms with Gasteiger partial charge >= 0.3 is 0 Å². The zero-order valence-electron chi connectivity index (χ0n) is 8.56. The van der Waals surface area contributed by atoms with Gasteiger partial charge < -0.3 is 0 Å². The van der Waals surface area contributed by atoms with E-state index in [1.165, 1.54) is 0 Å². The van der Waals surface area contributed by atoms with E-state index in [-0.39, 0.29) is 11.7 Å². The van der Waals surface area contributed by atoms with Crippen LogP contribution < -0.4 is 0 Å². The van der Waals surface area contributed by atoms with Gasteiger partial charge in [0.25, 0.3) is 0 Å². The van der Waals surface area contributed by atoms with Gasteiger partial charge in [-0.25, -0.2) is 0 Å². The molecule has 0 unspecified atom stereocenters. The topological polar surface area (TPSA) is 47.8 Å². The van der Waals surface area contributed by atoms with Crippen LogP contribution in [0.3, 0.4) is 0 Å². The molecule has 82 valence electrons. The number of rotatable bonds is 3. The van der Waals surface area contributed by atoms with Crippen molar-refractivity contribution in [3.05, 3.63) is 22.9 Å². The predicted molar refractivity (Wildman–Crippen MR) is 63.0 cm³/mol. The number of nitrogens with zero attached hydrogens (tertiary/aromatic N) is 3. The number of fused-ring (bicyclic) bond motifs is 1. The van der Waals surface area contributed by atoms with E-state index in [2.05, 4.69) is 26.0 Å². The van der Waals surface area contributed by atoms with Crippen molar-refractivity contribution in [2.75, 3.05) is 0 Å². The van der Waals surface area contributed by atoms with Gasteiger partial charge in [0.05, 0.1) is 11.7 Å². The molecule has 4 nitrogen and oxygen atoms in total. The minimum atomic E-state index is 0.277. The van der Waals surface area contributed by atoms with Gasteiger partial charge in [-0.2, -0.15) is 5.10 Å². The van der Waals surface area contributed by atoms with E-state index in [9.17, 15) is 4.79 Å². The maximum atomic E-state index is 11.7. The Bertz CT molecular complexity index is 559. The molecule has 1 fully saturated rings. The van der Waals surface area contributed by atoms with E-state index < -0.39 is 0 Å². The van der Waals surface area contributed by atoms with Crippen LogP contribution in [0.2, 0.25) is 0 Å². The minimum absolute atomic E-state index is 0.277. The summed E-state index contributed by atoms with van der Waals surface area (Å²) in [6.45, 7) is 0.367. The number of hydrogen-bond donors (Lipinski definition) is 0. The zero-order valence-corrected chi connectivity index (χ0v) is 10.1. The number of halogens is 1. The van der Waals surface area contributed by atoms with Crippen molar-refractivity contribution in [2.24, 2.45) is 5.92 Å². The fourth-order valence-electron chi connectivity index (χ4n) is 1.74. The third-order valence-corrected chi connectivity index (χ3v) is 3.23. The molecular formula is C11H10BrN3O. The fourth-order valence-corrected chi connectivity index (χ4v) is 2.06. The van der Waals surface area contributed by atoms with Crippen molar-refractivity contribution < 1.29 is 4.79 Å². The third-order valence-electron chi connectivity index (χ3n) is 2.80. The van der Waals surface area contributed by atoms with Crippen LogP contribution in [0.15, 0.2) is 22.9 Å². The van der Waals surface area contributed by atoms with Crippen molar-refractivity contribution in [1.82, 2.24) is 14.8 Å². The summed E-state index contributed by atoms with van der Waals surface area (Å²) in [6.07, 6.45) is 5.51. The number of ketones is 1. The molecule has 2 aromatic rings. The van der Waals surface area contributed by atoms with Crippen LogP contribution in [0.4, 0.5) is 0 Å². The highest BCUT2D eigenvalue weighted by Gasteiger charge is 2.29. The number of Topliss-reactive ketones (excluding diaryl/α,β-unsaturated/α-hetero) is 1. The highest BCUT2D eigenvalue weighted by atomic mass is 79.9. The Morgan fingerprint density at radius 3 is 3.06 bits per heavy atom. The van der Waals surface area contributed by atoms with Crippen LogP contribution in [0.1, 0.15) is 12.8 Å². The molecule has 0 saturated heterocycles. The Kier molecular flexibility index (Phi) is 2.28. The molecule has 0 N–H and O–H groups in total. The Morgan fingerprint density at radius 2 is 2.31 bits per heavy atom. The molecule has 0 amide bonds. The summed E-state index contributed by atoms with van der Waals surface area (Å²) < 4.78 is 2.63. The van der Waals surface area contributed by atoms with Crippen molar-refractivity contribution in [3.63, 3.8) is 0 Å². The van der Waals surface area contributed by atoms with E-state index in [1.54, 1.807) is 17.1 Å². The molecule has 1 aliphatic rings. The van der Waals surface area contributed by atoms with Crippen molar-refractivity contribution >= 4 is 32.7 Å². The van der Waals surface area contributed by atoms with Crippen molar-refractivity contribution in [3.8, 4) is 0 Å². The smallest absolute Gasteiger partial charge is 0.157 e. The molecule has 5 heteroatoms. The second-order valence-electron chi connectivity index (χ2n) is 4.10. The fraction of sp³-hybridized carbons (Fsp3) is 0.364. The van der Waals surface area contributed by atoms with Gasteiger partial charge in [0.2, 0.25) is 0 Å². The molecule has 0 atom stereocenters. The van der Waals surface area contributed by atoms with Gasteiger partial charge in [0.15, 0.2) is 5.78 Å². The van der Waals surface area contributed by atoms with Crippen LogP contribution in [-0.4, -0.2) is 20.5 Å². The van der Waals surface area contributed by atoms with Gasteiger partial charge in [0.1, 0.15) is 12.1 Å². The average Bonchev–Trinajstić information content (AvgIpc) is 3.04. The number of aromatic nitrogens is 3. The highest BCUT2D eigenvalue weighted by molar-refractivity contribution is 9.10. The monoisotopic (exact) mass is 279 g/mol. The lowest BCUT2D eigenvalue weighted by Gasteiger charge is -2.01. The Balaban J connectivity index is 1.96. The molecule has 0 spiro atoms. The van der Waals surface area contributed by atoms with Gasteiger partial charge in [-0.05, 0) is 34.8 Å². The number of hydrogen-bond acceptors (Lipinski definition) is 3. The summed E-state index contributed by atoms with van der Waals surface area (Å²) >= 11 is 3.37. The Hall–Kier alpha value is -1.23. The molecule has 0 aromatic carbocycles. The lowest BCUT2D eigenvalue weighted by molar-refractivity contribution is -0.120. The predicted octanol–water partition coefficient (Wildman–Crippen LogP) is 2.17. The van der Waals surface area contributed by atoms with Crippen LogP contribution in [0.25, 0.3) is 11.0 Å². The van der Waals surface area contributed by atoms with Gasteiger partial charge in [-0.3, -0.25) is 14.5 Å². The van der Waals surface area contributed by atoms with E-state index >= 15 is 0 Å². The first kappa shape index (κ1) is 9.96. The number of carbonyl (C=O) groups is 1. The molecule has 3 rings (SSSR count). The standard InChI is InChI=1S/C11H10BrN3O/c12-8-3-10-9(13-4-8)5-14-15(10)6-11(16)7-1-2-7/h3-5,7H,1-2,6H2. The van der Waals surface area contributed by atoms with Gasteiger partial charge in [-0.15, -0.1) is 0 Å². The van der Waals surface area contributed by atoms with Gasteiger partial charge in [-0.1, -0.05) is 0 Å². The summed E-state index contributed by atoms with van der Waals surface area (Å²) in [6, 6.07) is 1.94. The van der Waals surface area contributed by atoms with Crippen LogP contribution in [-0.2, 0) is 11.3 Å². The Labute approximate surface area is 101 Å². The van der Waals surface area contributed by atoms with Crippen molar-refractivity contribution in [2.45, 2.75) is 19.4 Å². The second-order valence-corrected chi connectivity index (χ2v) is 5.02. The zero-order chi connectivity index (χ0) is 11.1. The Morgan fingerprint density at radius 1 is 1.50 bits per heavy atom. The van der Waals surface area contributed by atoms with Crippen molar-refractivity contribution in [1.29, 1.82) is 0 Å². The maximum absolute atomic E-state index is 11.7. The van der Waals surface area contributed by atoms with E-state index in [0.717, 1.165) is 28.3 Å². The first-order chi connectivity index (χ1) is 7.74. The quantitative estimate of drug-likeness (QED) is 0.865. The molecule has 2 aromatic heterocycles. The lowest BCUT2D eigenvalue weighted by atomic mass is 10.2. The summed E-state index contributed by atoms with van der Waals surface area (Å²) in [7, 11) is 0. The third kappa shape index (κ3) is 1.75. The maximum Gasteiger partial charge on any atom is 0.157 e. The molecule has 0 bridgehead atoms. The highest BCUT2D eigenvalue weighted by Crippen LogP contribution is 2.30.